The van der Waals surface area contributed by atoms with Crippen molar-refractivity contribution < 1.29 is 4.79 Å². The molecule has 3 heterocycles. The fourth-order valence-electron chi connectivity index (χ4n) is 4.85. The molecule has 2 atom stereocenters. The SMILES string of the molecule is O=C(CN1C(=S)N[C@H](c2ccccn2)[C@H]1c1ccn(C2CCCC2)c1)Nc1ccccc1. The maximum Gasteiger partial charge on any atom is 0.244 e. The van der Waals surface area contributed by atoms with E-state index in [1.807, 2.05) is 53.4 Å². The Bertz CT molecular complexity index is 1080. The van der Waals surface area contributed by atoms with E-state index in [2.05, 4.69) is 38.6 Å². The molecule has 0 bridgehead atoms. The average molecular weight is 446 g/mol. The molecule has 0 radical (unpaired) electrons. The summed E-state index contributed by atoms with van der Waals surface area (Å²) in [7, 11) is 0. The highest BCUT2D eigenvalue weighted by Crippen LogP contribution is 2.39. The molecule has 1 amide bonds. The van der Waals surface area contributed by atoms with Crippen molar-refractivity contribution in [3.63, 3.8) is 0 Å². The first-order chi connectivity index (χ1) is 15.7. The van der Waals surface area contributed by atoms with E-state index < -0.39 is 0 Å². The first-order valence-electron chi connectivity index (χ1n) is 11.2. The van der Waals surface area contributed by atoms with Gasteiger partial charge in [-0.15, -0.1) is 0 Å². The molecule has 3 aromatic rings. The van der Waals surface area contributed by atoms with Crippen LogP contribution in [-0.2, 0) is 4.79 Å². The number of hydrogen-bond acceptors (Lipinski definition) is 3. The van der Waals surface area contributed by atoms with Crippen LogP contribution in [0.5, 0.6) is 0 Å². The summed E-state index contributed by atoms with van der Waals surface area (Å²) in [5.41, 5.74) is 2.84. The van der Waals surface area contributed by atoms with Gasteiger partial charge in [-0.05, 0) is 61.0 Å². The summed E-state index contributed by atoms with van der Waals surface area (Å²) < 4.78 is 2.33. The van der Waals surface area contributed by atoms with Gasteiger partial charge in [-0.1, -0.05) is 37.1 Å². The Balaban J connectivity index is 1.43. The van der Waals surface area contributed by atoms with Crippen molar-refractivity contribution in [3.8, 4) is 0 Å². The van der Waals surface area contributed by atoms with Crippen LogP contribution in [-0.4, -0.2) is 32.0 Å². The second kappa shape index (κ2) is 9.12. The largest absolute Gasteiger partial charge is 0.352 e. The lowest BCUT2D eigenvalue weighted by Gasteiger charge is -2.26. The Kier molecular flexibility index (Phi) is 5.90. The van der Waals surface area contributed by atoms with E-state index in [1.54, 1.807) is 6.20 Å². The van der Waals surface area contributed by atoms with E-state index in [4.69, 9.17) is 12.2 Å². The molecule has 164 valence electrons. The predicted octanol–water partition coefficient (Wildman–Crippen LogP) is 4.61. The molecule has 1 saturated heterocycles. The number of rotatable bonds is 6. The van der Waals surface area contributed by atoms with Crippen LogP contribution in [0.25, 0.3) is 0 Å². The maximum absolute atomic E-state index is 12.9. The van der Waals surface area contributed by atoms with Gasteiger partial charge in [0.2, 0.25) is 5.91 Å². The number of pyridine rings is 1. The number of carbonyl (C=O) groups excluding carboxylic acids is 1. The number of anilines is 1. The Labute approximate surface area is 193 Å². The summed E-state index contributed by atoms with van der Waals surface area (Å²) in [5.74, 6) is -0.0951. The Hall–Kier alpha value is -3.19. The highest BCUT2D eigenvalue weighted by molar-refractivity contribution is 7.80. The second-order valence-electron chi connectivity index (χ2n) is 8.50. The predicted molar refractivity (Wildman–Crippen MR) is 129 cm³/mol. The maximum atomic E-state index is 12.9. The summed E-state index contributed by atoms with van der Waals surface area (Å²) >= 11 is 5.69. The van der Waals surface area contributed by atoms with Gasteiger partial charge in [-0.25, -0.2) is 0 Å². The van der Waals surface area contributed by atoms with Gasteiger partial charge in [-0.2, -0.15) is 0 Å². The summed E-state index contributed by atoms with van der Waals surface area (Å²) in [5, 5.41) is 6.97. The third kappa shape index (κ3) is 4.25. The molecule has 2 N–H and O–H groups in total. The van der Waals surface area contributed by atoms with Crippen LogP contribution in [0.3, 0.4) is 0 Å². The fourth-order valence-corrected chi connectivity index (χ4v) is 5.16. The number of nitrogens with zero attached hydrogens (tertiary/aromatic N) is 3. The second-order valence-corrected chi connectivity index (χ2v) is 8.89. The van der Waals surface area contributed by atoms with Crippen LogP contribution in [0.4, 0.5) is 5.69 Å². The van der Waals surface area contributed by atoms with Crippen molar-refractivity contribution in [1.29, 1.82) is 0 Å². The molecule has 5 rings (SSSR count). The standard InChI is InChI=1S/C25H27N5OS/c31-22(27-19-8-2-1-3-9-19)17-30-24(18-13-15-29(16-18)20-10-4-5-11-20)23(28-25(30)32)21-12-6-7-14-26-21/h1-3,6-9,12-16,20,23-24H,4-5,10-11,17H2,(H,27,31)(H,28,32)/t23-,24-/m1/s1. The Morgan fingerprint density at radius 1 is 1.09 bits per heavy atom. The molecule has 1 saturated carbocycles. The number of amides is 1. The molecule has 1 aliphatic carbocycles. The van der Waals surface area contributed by atoms with E-state index in [-0.39, 0.29) is 24.5 Å². The Morgan fingerprint density at radius 3 is 2.62 bits per heavy atom. The topological polar surface area (TPSA) is 62.2 Å². The molecular formula is C25H27N5OS. The van der Waals surface area contributed by atoms with Gasteiger partial charge in [0.05, 0.1) is 17.8 Å². The van der Waals surface area contributed by atoms with E-state index in [9.17, 15) is 4.79 Å². The lowest BCUT2D eigenvalue weighted by molar-refractivity contribution is -0.116. The number of hydrogen-bond donors (Lipinski definition) is 2. The molecule has 0 unspecified atom stereocenters. The number of nitrogens with one attached hydrogen (secondary N) is 2. The van der Waals surface area contributed by atoms with Gasteiger partial charge < -0.3 is 20.1 Å². The van der Waals surface area contributed by atoms with E-state index in [1.165, 1.54) is 25.7 Å². The zero-order valence-electron chi connectivity index (χ0n) is 17.9. The van der Waals surface area contributed by atoms with Gasteiger partial charge in [0.15, 0.2) is 5.11 Å². The average Bonchev–Trinajstić information content (AvgIpc) is 3.56. The molecule has 6 nitrogen and oxygen atoms in total. The monoisotopic (exact) mass is 445 g/mol. The van der Waals surface area contributed by atoms with Crippen molar-refractivity contribution in [2.24, 2.45) is 0 Å². The molecule has 0 spiro atoms. The zero-order chi connectivity index (χ0) is 21.9. The van der Waals surface area contributed by atoms with Crippen LogP contribution in [0.15, 0.2) is 73.2 Å². The smallest absolute Gasteiger partial charge is 0.244 e. The number of carbonyl (C=O) groups is 1. The van der Waals surface area contributed by atoms with E-state index in [0.717, 1.165) is 16.9 Å². The highest BCUT2D eigenvalue weighted by Gasteiger charge is 2.41. The normalized spacial score (nSPS) is 21.0. The van der Waals surface area contributed by atoms with E-state index >= 15 is 0 Å². The van der Waals surface area contributed by atoms with Crippen molar-refractivity contribution in [2.45, 2.75) is 43.8 Å². The summed E-state index contributed by atoms with van der Waals surface area (Å²) in [6.07, 6.45) is 11.2. The first kappa shape index (κ1) is 20.7. The molecule has 32 heavy (non-hydrogen) atoms. The zero-order valence-corrected chi connectivity index (χ0v) is 18.7. The van der Waals surface area contributed by atoms with Crippen LogP contribution >= 0.6 is 12.2 Å². The number of para-hydroxylation sites is 1. The van der Waals surface area contributed by atoms with Crippen molar-refractivity contribution >= 4 is 28.9 Å². The molecular weight excluding hydrogens is 418 g/mol. The molecule has 2 aliphatic rings. The number of benzene rings is 1. The van der Waals surface area contributed by atoms with Crippen LogP contribution in [0.1, 0.15) is 55.1 Å². The van der Waals surface area contributed by atoms with Crippen LogP contribution in [0, 0.1) is 0 Å². The summed E-state index contributed by atoms with van der Waals surface area (Å²) in [6.45, 7) is 0.170. The van der Waals surface area contributed by atoms with Gasteiger partial charge in [-0.3, -0.25) is 9.78 Å². The number of thiocarbonyl (C=S) groups is 1. The molecule has 1 aromatic carbocycles. The number of aromatic nitrogens is 2. The van der Waals surface area contributed by atoms with E-state index in [0.29, 0.717) is 11.2 Å². The minimum Gasteiger partial charge on any atom is -0.352 e. The van der Waals surface area contributed by atoms with Gasteiger partial charge >= 0.3 is 0 Å². The lowest BCUT2D eigenvalue weighted by Crippen LogP contribution is -2.37. The minimum atomic E-state index is -0.118. The molecule has 2 aromatic heterocycles. The lowest BCUT2D eigenvalue weighted by atomic mass is 9.99. The van der Waals surface area contributed by atoms with Crippen molar-refractivity contribution in [2.75, 3.05) is 11.9 Å². The molecule has 7 heteroatoms. The summed E-state index contributed by atoms with van der Waals surface area (Å²) in [6, 6.07) is 17.9. The first-order valence-corrected chi connectivity index (χ1v) is 11.6. The third-order valence-electron chi connectivity index (χ3n) is 6.39. The Morgan fingerprint density at radius 2 is 1.88 bits per heavy atom. The van der Waals surface area contributed by atoms with Crippen molar-refractivity contribution in [3.05, 3.63) is 84.4 Å². The van der Waals surface area contributed by atoms with Gasteiger partial charge in [0.25, 0.3) is 0 Å². The molecule has 1 aliphatic heterocycles. The molecule has 2 fully saturated rings. The van der Waals surface area contributed by atoms with Gasteiger partial charge in [0, 0.05) is 30.3 Å². The quantitative estimate of drug-likeness (QED) is 0.543. The minimum absolute atomic E-state index is 0.0951. The van der Waals surface area contributed by atoms with Crippen molar-refractivity contribution in [1.82, 2.24) is 19.8 Å². The highest BCUT2D eigenvalue weighted by atomic mass is 32.1. The van der Waals surface area contributed by atoms with Crippen LogP contribution < -0.4 is 10.6 Å². The summed E-state index contributed by atoms with van der Waals surface area (Å²) in [4.78, 5) is 19.5. The third-order valence-corrected chi connectivity index (χ3v) is 6.75. The van der Waals surface area contributed by atoms with Crippen LogP contribution in [0.2, 0.25) is 0 Å². The van der Waals surface area contributed by atoms with Gasteiger partial charge in [0.1, 0.15) is 6.54 Å². The fraction of sp³-hybridized carbons (Fsp3) is 0.320.